The molecule has 1 aromatic rings. The Kier molecular flexibility index (Phi) is 3.19. The van der Waals surface area contributed by atoms with Crippen molar-refractivity contribution in [3.8, 4) is 0 Å². The van der Waals surface area contributed by atoms with Crippen LogP contribution in [0.25, 0.3) is 0 Å². The van der Waals surface area contributed by atoms with E-state index in [-0.39, 0.29) is 5.92 Å². The molecule has 1 aliphatic rings. The van der Waals surface area contributed by atoms with Gasteiger partial charge in [-0.05, 0) is 18.4 Å². The first-order valence-electron chi connectivity index (χ1n) is 5.37. The lowest BCUT2D eigenvalue weighted by Crippen LogP contribution is -2.27. The van der Waals surface area contributed by atoms with Crippen molar-refractivity contribution in [3.63, 3.8) is 0 Å². The van der Waals surface area contributed by atoms with Gasteiger partial charge in [-0.15, -0.1) is 0 Å². The zero-order chi connectivity index (χ0) is 10.7. The molecular weight excluding hydrogens is 188 g/mol. The van der Waals surface area contributed by atoms with Gasteiger partial charge in [0.25, 0.3) is 0 Å². The number of aliphatic hydroxyl groups excluding tert-OH is 2. The van der Waals surface area contributed by atoms with Crippen LogP contribution in [0.5, 0.6) is 0 Å². The second kappa shape index (κ2) is 4.60. The van der Waals surface area contributed by atoms with Crippen LogP contribution in [-0.4, -0.2) is 16.3 Å². The van der Waals surface area contributed by atoms with Gasteiger partial charge in [-0.25, -0.2) is 0 Å². The molecule has 0 unspecified atom stereocenters. The molecule has 2 N–H and O–H groups in total. The first kappa shape index (κ1) is 10.4. The number of allylic oxidation sites excluding steroid dienone is 1. The van der Waals surface area contributed by atoms with Crippen molar-refractivity contribution in [2.24, 2.45) is 5.92 Å². The Morgan fingerprint density at radius 2 is 1.93 bits per heavy atom. The molecule has 15 heavy (non-hydrogen) atoms. The van der Waals surface area contributed by atoms with Crippen molar-refractivity contribution in [2.75, 3.05) is 0 Å². The normalized spacial score (nSPS) is 27.6. The van der Waals surface area contributed by atoms with Crippen LogP contribution >= 0.6 is 0 Å². The zero-order valence-corrected chi connectivity index (χ0v) is 8.58. The third-order valence-corrected chi connectivity index (χ3v) is 2.99. The van der Waals surface area contributed by atoms with Gasteiger partial charge in [0.05, 0.1) is 12.2 Å². The second-order valence-electron chi connectivity index (χ2n) is 4.02. The number of hydrogen-bond donors (Lipinski definition) is 2. The van der Waals surface area contributed by atoms with Crippen LogP contribution in [0, 0.1) is 5.92 Å². The maximum Gasteiger partial charge on any atom is 0.0846 e. The highest BCUT2D eigenvalue weighted by molar-refractivity contribution is 5.19. The standard InChI is InChI=1S/C13H16O2/c14-12-9-5-4-8-11(12)13(15)10-6-2-1-3-7-10/h1-3,5-7,9,11-15H,4,8H2/t11-,12-,13-/m0/s1. The molecule has 0 spiro atoms. The van der Waals surface area contributed by atoms with E-state index in [1.165, 1.54) is 0 Å². The second-order valence-corrected chi connectivity index (χ2v) is 4.02. The smallest absolute Gasteiger partial charge is 0.0846 e. The Bertz CT molecular complexity index is 332. The molecule has 2 rings (SSSR count). The van der Waals surface area contributed by atoms with Gasteiger partial charge >= 0.3 is 0 Å². The Hall–Kier alpha value is -1.12. The summed E-state index contributed by atoms with van der Waals surface area (Å²) in [4.78, 5) is 0. The lowest BCUT2D eigenvalue weighted by Gasteiger charge is -2.28. The number of hydrogen-bond acceptors (Lipinski definition) is 2. The average Bonchev–Trinajstić information content (AvgIpc) is 2.30. The summed E-state index contributed by atoms with van der Waals surface area (Å²) < 4.78 is 0. The van der Waals surface area contributed by atoms with Crippen LogP contribution in [0.2, 0.25) is 0 Å². The molecule has 3 atom stereocenters. The minimum atomic E-state index is -0.564. The average molecular weight is 204 g/mol. The van der Waals surface area contributed by atoms with Crippen LogP contribution in [-0.2, 0) is 0 Å². The molecule has 0 heterocycles. The Balaban J connectivity index is 2.14. The highest BCUT2D eigenvalue weighted by atomic mass is 16.3. The molecule has 0 bridgehead atoms. The van der Waals surface area contributed by atoms with Gasteiger partial charge in [0, 0.05) is 5.92 Å². The highest BCUT2D eigenvalue weighted by Gasteiger charge is 2.27. The molecule has 1 aliphatic carbocycles. The molecule has 0 aliphatic heterocycles. The predicted octanol–water partition coefficient (Wildman–Crippen LogP) is 2.05. The third-order valence-electron chi connectivity index (χ3n) is 2.99. The van der Waals surface area contributed by atoms with Gasteiger partial charge in [-0.1, -0.05) is 42.5 Å². The van der Waals surface area contributed by atoms with E-state index in [1.54, 1.807) is 6.08 Å². The fraction of sp³-hybridized carbons (Fsp3) is 0.385. The van der Waals surface area contributed by atoms with Crippen LogP contribution in [0.1, 0.15) is 24.5 Å². The maximum absolute atomic E-state index is 10.1. The largest absolute Gasteiger partial charge is 0.389 e. The van der Waals surface area contributed by atoms with E-state index in [9.17, 15) is 10.2 Å². The maximum atomic E-state index is 10.1. The summed E-state index contributed by atoms with van der Waals surface area (Å²) in [5, 5.41) is 19.9. The van der Waals surface area contributed by atoms with Crippen molar-refractivity contribution in [1.29, 1.82) is 0 Å². The zero-order valence-electron chi connectivity index (χ0n) is 8.58. The summed E-state index contributed by atoms with van der Waals surface area (Å²) in [6, 6.07) is 9.53. The number of benzene rings is 1. The quantitative estimate of drug-likeness (QED) is 0.724. The van der Waals surface area contributed by atoms with Gasteiger partial charge in [0.2, 0.25) is 0 Å². The van der Waals surface area contributed by atoms with Gasteiger partial charge < -0.3 is 10.2 Å². The van der Waals surface area contributed by atoms with Crippen LogP contribution < -0.4 is 0 Å². The van der Waals surface area contributed by atoms with Gasteiger partial charge in [-0.2, -0.15) is 0 Å². The molecule has 0 radical (unpaired) electrons. The summed E-state index contributed by atoms with van der Waals surface area (Å²) in [6.07, 6.45) is 4.44. The molecule has 0 saturated carbocycles. The van der Waals surface area contributed by atoms with Gasteiger partial charge in [-0.3, -0.25) is 0 Å². The van der Waals surface area contributed by atoms with E-state index in [1.807, 2.05) is 36.4 Å². The molecule has 2 heteroatoms. The van der Waals surface area contributed by atoms with Crippen LogP contribution in [0.3, 0.4) is 0 Å². The van der Waals surface area contributed by atoms with E-state index in [0.717, 1.165) is 18.4 Å². The third kappa shape index (κ3) is 2.28. The topological polar surface area (TPSA) is 40.5 Å². The van der Waals surface area contributed by atoms with Crippen LogP contribution in [0.15, 0.2) is 42.5 Å². The first-order valence-corrected chi connectivity index (χ1v) is 5.37. The summed E-state index contributed by atoms with van der Waals surface area (Å²) >= 11 is 0. The van der Waals surface area contributed by atoms with E-state index in [2.05, 4.69) is 0 Å². The van der Waals surface area contributed by atoms with Crippen molar-refractivity contribution in [1.82, 2.24) is 0 Å². The highest BCUT2D eigenvalue weighted by Crippen LogP contribution is 2.31. The van der Waals surface area contributed by atoms with E-state index in [0.29, 0.717) is 0 Å². The summed E-state index contributed by atoms with van der Waals surface area (Å²) in [5.41, 5.74) is 0.886. The van der Waals surface area contributed by atoms with E-state index in [4.69, 9.17) is 0 Å². The Labute approximate surface area is 89.9 Å². The van der Waals surface area contributed by atoms with Gasteiger partial charge in [0.15, 0.2) is 0 Å². The Morgan fingerprint density at radius 3 is 2.60 bits per heavy atom. The predicted molar refractivity (Wildman–Crippen MR) is 59.3 cm³/mol. The molecule has 80 valence electrons. The minimum Gasteiger partial charge on any atom is -0.389 e. The molecule has 0 amide bonds. The molecular formula is C13H16O2. The summed E-state index contributed by atoms with van der Waals surface area (Å²) in [5.74, 6) is -0.0719. The molecule has 0 aromatic heterocycles. The number of aliphatic hydroxyl groups is 2. The van der Waals surface area contributed by atoms with Crippen molar-refractivity contribution >= 4 is 0 Å². The summed E-state index contributed by atoms with van der Waals surface area (Å²) in [6.45, 7) is 0. The molecule has 2 nitrogen and oxygen atoms in total. The van der Waals surface area contributed by atoms with Crippen molar-refractivity contribution in [2.45, 2.75) is 25.0 Å². The number of rotatable bonds is 2. The van der Waals surface area contributed by atoms with Crippen molar-refractivity contribution in [3.05, 3.63) is 48.0 Å². The lowest BCUT2D eigenvalue weighted by molar-refractivity contribution is 0.0259. The molecule has 0 saturated heterocycles. The fourth-order valence-corrected chi connectivity index (χ4v) is 2.08. The van der Waals surface area contributed by atoms with Gasteiger partial charge in [0.1, 0.15) is 0 Å². The van der Waals surface area contributed by atoms with E-state index < -0.39 is 12.2 Å². The van der Waals surface area contributed by atoms with Crippen LogP contribution in [0.4, 0.5) is 0 Å². The van der Waals surface area contributed by atoms with E-state index >= 15 is 0 Å². The summed E-state index contributed by atoms with van der Waals surface area (Å²) in [7, 11) is 0. The lowest BCUT2D eigenvalue weighted by atomic mass is 9.84. The minimum absolute atomic E-state index is 0.0719. The first-order chi connectivity index (χ1) is 7.29. The molecule has 0 fully saturated rings. The SMILES string of the molecule is O[C@H]1C=CCC[C@@H]1[C@@H](O)c1ccccc1. The molecule has 1 aromatic carbocycles. The Morgan fingerprint density at radius 1 is 1.20 bits per heavy atom. The van der Waals surface area contributed by atoms with Crippen molar-refractivity contribution < 1.29 is 10.2 Å². The fourth-order valence-electron chi connectivity index (χ4n) is 2.08. The monoisotopic (exact) mass is 204 g/mol.